The van der Waals surface area contributed by atoms with Gasteiger partial charge in [-0.2, -0.15) is 19.3 Å². The lowest BCUT2D eigenvalue weighted by Gasteiger charge is -2.34. The third kappa shape index (κ3) is 4.11. The first-order chi connectivity index (χ1) is 13.0. The Bertz CT molecular complexity index is 864. The van der Waals surface area contributed by atoms with Gasteiger partial charge in [0.1, 0.15) is 0 Å². The van der Waals surface area contributed by atoms with Gasteiger partial charge in [-0.25, -0.2) is 8.42 Å². The zero-order valence-electron chi connectivity index (χ0n) is 15.6. The molecule has 146 valence electrons. The normalized spacial score (nSPS) is 15.7. The van der Waals surface area contributed by atoms with E-state index in [-0.39, 0.29) is 5.95 Å². The number of nitrogen functional groups attached to an aromatic ring is 1. The molecule has 0 amide bonds. The fourth-order valence-electron chi connectivity index (χ4n) is 3.03. The number of nitrogens with zero attached hydrogens (tertiary/aromatic N) is 6. The van der Waals surface area contributed by atoms with Gasteiger partial charge in [0.25, 0.3) is 0 Å². The van der Waals surface area contributed by atoms with Gasteiger partial charge < -0.3 is 15.5 Å². The minimum atomic E-state index is -3.48. The van der Waals surface area contributed by atoms with E-state index >= 15 is 0 Å². The molecule has 10 heteroatoms. The zero-order valence-corrected chi connectivity index (χ0v) is 16.4. The summed E-state index contributed by atoms with van der Waals surface area (Å²) in [5.74, 6) is 1.20. The lowest BCUT2D eigenvalue weighted by atomic mass is 10.4. The van der Waals surface area contributed by atoms with Gasteiger partial charge in [-0.05, 0) is 26.0 Å². The molecule has 1 saturated heterocycles. The second kappa shape index (κ2) is 8.05. The lowest BCUT2D eigenvalue weighted by Crippen LogP contribution is -2.49. The van der Waals surface area contributed by atoms with Crippen LogP contribution in [0.25, 0.3) is 0 Å². The molecule has 1 aliphatic rings. The summed E-state index contributed by atoms with van der Waals surface area (Å²) in [5.41, 5.74) is 5.86. The summed E-state index contributed by atoms with van der Waals surface area (Å²) in [6.45, 7) is 7.30. The highest BCUT2D eigenvalue weighted by atomic mass is 32.2. The maximum Gasteiger partial charge on any atom is 0.243 e. The highest BCUT2D eigenvalue weighted by Gasteiger charge is 2.29. The Hall–Kier alpha value is -2.46. The zero-order chi connectivity index (χ0) is 19.4. The molecule has 0 unspecified atom stereocenters. The van der Waals surface area contributed by atoms with Gasteiger partial charge in [-0.1, -0.05) is 18.2 Å². The van der Waals surface area contributed by atoms with E-state index in [4.69, 9.17) is 5.73 Å². The van der Waals surface area contributed by atoms with Crippen molar-refractivity contribution in [3.05, 3.63) is 30.3 Å². The van der Waals surface area contributed by atoms with E-state index in [1.165, 1.54) is 4.31 Å². The van der Waals surface area contributed by atoms with Gasteiger partial charge in [0.05, 0.1) is 4.90 Å². The van der Waals surface area contributed by atoms with E-state index in [0.29, 0.717) is 43.0 Å². The predicted octanol–water partition coefficient (Wildman–Crippen LogP) is 0.811. The molecular weight excluding hydrogens is 366 g/mol. The molecule has 1 aromatic carbocycles. The fourth-order valence-corrected chi connectivity index (χ4v) is 4.47. The molecule has 2 N–H and O–H groups in total. The van der Waals surface area contributed by atoms with Crippen molar-refractivity contribution in [1.29, 1.82) is 0 Å². The molecule has 0 saturated carbocycles. The molecule has 9 nitrogen and oxygen atoms in total. The molecule has 0 bridgehead atoms. The molecule has 27 heavy (non-hydrogen) atoms. The van der Waals surface area contributed by atoms with E-state index in [9.17, 15) is 8.42 Å². The smallest absolute Gasteiger partial charge is 0.243 e. The first-order valence-electron chi connectivity index (χ1n) is 9.02. The maximum atomic E-state index is 12.7. The molecule has 1 fully saturated rings. The maximum absolute atomic E-state index is 12.7. The number of hydrogen-bond donors (Lipinski definition) is 1. The predicted molar refractivity (Wildman–Crippen MR) is 105 cm³/mol. The highest BCUT2D eigenvalue weighted by molar-refractivity contribution is 7.89. The summed E-state index contributed by atoms with van der Waals surface area (Å²) in [4.78, 5) is 17.2. The Morgan fingerprint density at radius 1 is 1.00 bits per heavy atom. The molecule has 0 spiro atoms. The van der Waals surface area contributed by atoms with E-state index < -0.39 is 10.0 Å². The van der Waals surface area contributed by atoms with Crippen molar-refractivity contribution in [2.45, 2.75) is 18.7 Å². The second-order valence-corrected chi connectivity index (χ2v) is 8.11. The van der Waals surface area contributed by atoms with Gasteiger partial charge in [-0.3, -0.25) is 0 Å². The van der Waals surface area contributed by atoms with Crippen LogP contribution in [0.5, 0.6) is 0 Å². The van der Waals surface area contributed by atoms with E-state index in [0.717, 1.165) is 13.1 Å². The topological polar surface area (TPSA) is 109 Å². The van der Waals surface area contributed by atoms with Gasteiger partial charge in [-0.15, -0.1) is 0 Å². The number of sulfonamides is 1. The molecule has 0 aliphatic carbocycles. The van der Waals surface area contributed by atoms with Crippen LogP contribution in [0.3, 0.4) is 0 Å². The van der Waals surface area contributed by atoms with Gasteiger partial charge >= 0.3 is 0 Å². The molecule has 0 atom stereocenters. The number of rotatable bonds is 6. The van der Waals surface area contributed by atoms with Crippen LogP contribution in [-0.4, -0.2) is 66.9 Å². The number of nitrogens with two attached hydrogens (primary N) is 1. The van der Waals surface area contributed by atoms with Crippen molar-refractivity contribution in [3.63, 3.8) is 0 Å². The monoisotopic (exact) mass is 391 g/mol. The second-order valence-electron chi connectivity index (χ2n) is 6.17. The Morgan fingerprint density at radius 2 is 1.63 bits per heavy atom. The molecule has 2 aromatic rings. The minimum Gasteiger partial charge on any atom is -0.368 e. The SMILES string of the molecule is CCN(CC)c1nc(N)nc(N2CCN(S(=O)(=O)c3ccccc3)CC2)n1. The molecule has 3 rings (SSSR count). The standard InChI is InChI=1S/C17H25N7O2S/c1-3-22(4-2)16-19-15(18)20-17(21-16)23-10-12-24(13-11-23)27(25,26)14-8-6-5-7-9-14/h5-9H,3-4,10-13H2,1-2H3,(H2,18,19,20,21). The van der Waals surface area contributed by atoms with Crippen molar-refractivity contribution in [3.8, 4) is 0 Å². The largest absolute Gasteiger partial charge is 0.368 e. The average Bonchev–Trinajstić information content (AvgIpc) is 2.69. The summed E-state index contributed by atoms with van der Waals surface area (Å²) in [6, 6.07) is 8.49. The van der Waals surface area contributed by atoms with Gasteiger partial charge in [0.2, 0.25) is 27.9 Å². The van der Waals surface area contributed by atoms with Crippen LogP contribution in [0.1, 0.15) is 13.8 Å². The van der Waals surface area contributed by atoms with Gasteiger partial charge in [0, 0.05) is 39.3 Å². The molecular formula is C17H25N7O2S. The Kier molecular flexibility index (Phi) is 5.76. The third-order valence-corrected chi connectivity index (χ3v) is 6.49. The van der Waals surface area contributed by atoms with E-state index in [1.807, 2.05) is 23.6 Å². The van der Waals surface area contributed by atoms with E-state index in [1.54, 1.807) is 30.3 Å². The number of hydrogen-bond acceptors (Lipinski definition) is 8. The third-order valence-electron chi connectivity index (χ3n) is 4.58. The van der Waals surface area contributed by atoms with Crippen LogP contribution in [0.4, 0.5) is 17.8 Å². The van der Waals surface area contributed by atoms with Crippen LogP contribution in [0.2, 0.25) is 0 Å². The van der Waals surface area contributed by atoms with Crippen LogP contribution in [0.15, 0.2) is 35.2 Å². The van der Waals surface area contributed by atoms with Crippen LogP contribution >= 0.6 is 0 Å². The summed E-state index contributed by atoms with van der Waals surface area (Å²) in [7, 11) is -3.48. The number of anilines is 3. The molecule has 1 aromatic heterocycles. The molecule has 0 radical (unpaired) electrons. The fraction of sp³-hybridized carbons (Fsp3) is 0.471. The van der Waals surface area contributed by atoms with Crippen molar-refractivity contribution < 1.29 is 8.42 Å². The van der Waals surface area contributed by atoms with Crippen molar-refractivity contribution in [2.75, 3.05) is 54.8 Å². The first kappa shape index (κ1) is 19.3. The summed E-state index contributed by atoms with van der Waals surface area (Å²) >= 11 is 0. The lowest BCUT2D eigenvalue weighted by molar-refractivity contribution is 0.382. The van der Waals surface area contributed by atoms with E-state index in [2.05, 4.69) is 15.0 Å². The summed E-state index contributed by atoms with van der Waals surface area (Å²) in [5, 5.41) is 0. The minimum absolute atomic E-state index is 0.168. The van der Waals surface area contributed by atoms with Crippen molar-refractivity contribution in [1.82, 2.24) is 19.3 Å². The molecule has 2 heterocycles. The number of benzene rings is 1. The van der Waals surface area contributed by atoms with Crippen LogP contribution in [-0.2, 0) is 10.0 Å². The quantitative estimate of drug-likeness (QED) is 0.771. The first-order valence-corrected chi connectivity index (χ1v) is 10.5. The number of piperazine rings is 1. The van der Waals surface area contributed by atoms with Crippen molar-refractivity contribution >= 4 is 27.9 Å². The van der Waals surface area contributed by atoms with Crippen LogP contribution < -0.4 is 15.5 Å². The Labute approximate surface area is 159 Å². The number of aromatic nitrogens is 3. The van der Waals surface area contributed by atoms with Gasteiger partial charge in [0.15, 0.2) is 0 Å². The molecule has 1 aliphatic heterocycles. The average molecular weight is 392 g/mol. The summed E-state index contributed by atoms with van der Waals surface area (Å²) < 4.78 is 27.0. The highest BCUT2D eigenvalue weighted by Crippen LogP contribution is 2.20. The van der Waals surface area contributed by atoms with Crippen LogP contribution in [0, 0.1) is 0 Å². The summed E-state index contributed by atoms with van der Waals surface area (Å²) in [6.07, 6.45) is 0. The Morgan fingerprint density at radius 3 is 2.22 bits per heavy atom. The Balaban J connectivity index is 1.74. The van der Waals surface area contributed by atoms with Crippen molar-refractivity contribution in [2.24, 2.45) is 0 Å².